The summed E-state index contributed by atoms with van der Waals surface area (Å²) in [7, 11) is 0. The van der Waals surface area contributed by atoms with Crippen molar-refractivity contribution in [3.8, 4) is 0 Å². The molecule has 2 aliphatic heterocycles. The van der Waals surface area contributed by atoms with Crippen LogP contribution in [0.1, 0.15) is 90.3 Å². The highest BCUT2D eigenvalue weighted by atomic mass is 15.2. The number of likely N-dealkylation sites (tertiary alicyclic amines) is 2. The summed E-state index contributed by atoms with van der Waals surface area (Å²) in [5.74, 6) is 0. The predicted octanol–water partition coefficient (Wildman–Crippen LogP) is 8.99. The summed E-state index contributed by atoms with van der Waals surface area (Å²) >= 11 is 0. The predicted molar refractivity (Wildman–Crippen MR) is 171 cm³/mol. The van der Waals surface area contributed by atoms with Crippen molar-refractivity contribution in [2.75, 3.05) is 26.2 Å². The number of aryl methyl sites for hydroxylation is 1. The standard InChI is InChI=1S/C36H53N3/c1-8-12-31-16-17-32(28-33(31)15-11-10-14-29(3)35(5,6)7)30(4)38-24-19-36(20-25-38)21-26-39(27-22-36)34(13-9-2)18-23-37/h9-11,13-14,16-18,23,28,37H,4,8,12,15,19-22,24-27H2,1-3,5-7H3/b11-10+,13-9-,29-14+,34-18+,37-23?. The first-order chi connectivity index (χ1) is 18.6. The summed E-state index contributed by atoms with van der Waals surface area (Å²) in [5.41, 5.74) is 8.61. The molecule has 3 rings (SSSR count). The molecule has 2 saturated heterocycles. The molecule has 0 bridgehead atoms. The van der Waals surface area contributed by atoms with Crippen molar-refractivity contribution in [2.24, 2.45) is 10.8 Å². The second kappa shape index (κ2) is 14.0. The Labute approximate surface area is 239 Å². The fraction of sp³-hybridized carbons (Fsp3) is 0.528. The maximum atomic E-state index is 7.49. The Balaban J connectivity index is 1.63. The summed E-state index contributed by atoms with van der Waals surface area (Å²) < 4.78 is 0. The van der Waals surface area contributed by atoms with Gasteiger partial charge in [-0.25, -0.2) is 0 Å². The van der Waals surface area contributed by atoms with Crippen LogP contribution in [0.2, 0.25) is 0 Å². The van der Waals surface area contributed by atoms with Crippen molar-refractivity contribution in [1.82, 2.24) is 9.80 Å². The number of piperidine rings is 2. The molecule has 0 unspecified atom stereocenters. The molecule has 39 heavy (non-hydrogen) atoms. The van der Waals surface area contributed by atoms with E-state index in [4.69, 9.17) is 5.41 Å². The second-order valence-corrected chi connectivity index (χ2v) is 12.6. The highest BCUT2D eigenvalue weighted by Crippen LogP contribution is 2.43. The van der Waals surface area contributed by atoms with Gasteiger partial charge in [0, 0.05) is 43.8 Å². The van der Waals surface area contributed by atoms with E-state index in [1.54, 1.807) is 0 Å². The van der Waals surface area contributed by atoms with Crippen LogP contribution < -0.4 is 0 Å². The number of hydrogen-bond acceptors (Lipinski definition) is 3. The van der Waals surface area contributed by atoms with Crippen LogP contribution >= 0.6 is 0 Å². The van der Waals surface area contributed by atoms with Gasteiger partial charge in [-0.15, -0.1) is 0 Å². The molecule has 0 amide bonds. The molecule has 2 fully saturated rings. The van der Waals surface area contributed by atoms with Crippen LogP contribution in [-0.4, -0.2) is 42.2 Å². The molecule has 1 N–H and O–H groups in total. The van der Waals surface area contributed by atoms with E-state index in [9.17, 15) is 0 Å². The molecule has 0 aromatic heterocycles. The zero-order chi connectivity index (χ0) is 28.5. The van der Waals surface area contributed by atoms with E-state index in [0.29, 0.717) is 5.41 Å². The second-order valence-electron chi connectivity index (χ2n) is 12.6. The van der Waals surface area contributed by atoms with Crippen molar-refractivity contribution < 1.29 is 0 Å². The lowest BCUT2D eigenvalue weighted by atomic mass is 9.71. The number of hydrogen-bond donors (Lipinski definition) is 1. The topological polar surface area (TPSA) is 30.3 Å². The fourth-order valence-corrected chi connectivity index (χ4v) is 5.86. The lowest BCUT2D eigenvalue weighted by Gasteiger charge is -2.48. The van der Waals surface area contributed by atoms with Gasteiger partial charge in [-0.1, -0.05) is 82.7 Å². The van der Waals surface area contributed by atoms with Gasteiger partial charge in [0.1, 0.15) is 0 Å². The molecular weight excluding hydrogens is 474 g/mol. The first-order valence-electron chi connectivity index (χ1n) is 15.1. The fourth-order valence-electron chi connectivity index (χ4n) is 5.86. The smallest absolute Gasteiger partial charge is 0.0378 e. The number of nitrogens with zero attached hydrogens (tertiary/aromatic N) is 2. The Hall–Kier alpha value is -2.81. The van der Waals surface area contributed by atoms with E-state index < -0.39 is 0 Å². The average molecular weight is 528 g/mol. The van der Waals surface area contributed by atoms with Gasteiger partial charge in [0.2, 0.25) is 0 Å². The van der Waals surface area contributed by atoms with Gasteiger partial charge >= 0.3 is 0 Å². The minimum Gasteiger partial charge on any atom is -0.371 e. The molecule has 212 valence electrons. The van der Waals surface area contributed by atoms with E-state index in [-0.39, 0.29) is 5.41 Å². The molecule has 0 aliphatic carbocycles. The van der Waals surface area contributed by atoms with Crippen molar-refractivity contribution in [3.05, 3.63) is 89.2 Å². The number of nitrogens with one attached hydrogen (secondary N) is 1. The first kappa shape index (κ1) is 30.7. The Morgan fingerprint density at radius 1 is 1.00 bits per heavy atom. The SMILES string of the molecule is C=C(c1ccc(CCC)c(C/C=C/C=C(\C)C(C)(C)C)c1)N1CCC2(CC1)CCN(C(/C=C\C)=C/C=N)CC2. The van der Waals surface area contributed by atoms with Crippen LogP contribution in [0.5, 0.6) is 0 Å². The minimum absolute atomic E-state index is 0.215. The van der Waals surface area contributed by atoms with Crippen molar-refractivity contribution in [1.29, 1.82) is 5.41 Å². The van der Waals surface area contributed by atoms with Crippen molar-refractivity contribution >= 4 is 11.9 Å². The Bertz CT molecular complexity index is 1090. The van der Waals surface area contributed by atoms with Crippen LogP contribution in [0.25, 0.3) is 5.70 Å². The molecule has 2 heterocycles. The first-order valence-corrected chi connectivity index (χ1v) is 15.1. The lowest BCUT2D eigenvalue weighted by molar-refractivity contribution is 0.0652. The maximum Gasteiger partial charge on any atom is 0.0378 e. The normalized spacial score (nSPS) is 18.9. The van der Waals surface area contributed by atoms with E-state index >= 15 is 0 Å². The van der Waals surface area contributed by atoms with Crippen LogP contribution in [0.4, 0.5) is 0 Å². The monoisotopic (exact) mass is 527 g/mol. The van der Waals surface area contributed by atoms with Gasteiger partial charge in [0.25, 0.3) is 0 Å². The highest BCUT2D eigenvalue weighted by molar-refractivity contribution is 5.69. The van der Waals surface area contributed by atoms with Crippen LogP contribution in [0, 0.1) is 16.2 Å². The van der Waals surface area contributed by atoms with Gasteiger partial charge < -0.3 is 15.2 Å². The highest BCUT2D eigenvalue weighted by Gasteiger charge is 2.38. The zero-order valence-corrected chi connectivity index (χ0v) is 25.7. The molecule has 1 spiro atoms. The molecule has 0 atom stereocenters. The van der Waals surface area contributed by atoms with Gasteiger partial charge in [-0.2, -0.15) is 0 Å². The molecule has 1 aromatic carbocycles. The van der Waals surface area contributed by atoms with Crippen molar-refractivity contribution in [2.45, 2.75) is 86.5 Å². The van der Waals surface area contributed by atoms with E-state index in [2.05, 4.69) is 107 Å². The molecule has 3 heteroatoms. The zero-order valence-electron chi connectivity index (χ0n) is 25.7. The van der Waals surface area contributed by atoms with E-state index in [1.165, 1.54) is 72.0 Å². The molecule has 0 saturated carbocycles. The molecule has 1 aromatic rings. The molecule has 0 radical (unpaired) electrons. The van der Waals surface area contributed by atoms with Crippen LogP contribution in [0.3, 0.4) is 0 Å². The Morgan fingerprint density at radius 3 is 2.21 bits per heavy atom. The summed E-state index contributed by atoms with van der Waals surface area (Å²) in [6.07, 6.45) is 22.6. The van der Waals surface area contributed by atoms with Crippen LogP contribution in [-0.2, 0) is 12.8 Å². The number of rotatable bonds is 10. The largest absolute Gasteiger partial charge is 0.371 e. The van der Waals surface area contributed by atoms with Gasteiger partial charge in [0.05, 0.1) is 0 Å². The third-order valence-electron chi connectivity index (χ3n) is 9.05. The van der Waals surface area contributed by atoms with Gasteiger partial charge in [-0.3, -0.25) is 0 Å². The minimum atomic E-state index is 0.215. The number of benzene rings is 1. The summed E-state index contributed by atoms with van der Waals surface area (Å²) in [5, 5.41) is 7.49. The lowest BCUT2D eigenvalue weighted by Crippen LogP contribution is -2.45. The van der Waals surface area contributed by atoms with Gasteiger partial charge in [0.15, 0.2) is 0 Å². The maximum absolute atomic E-state index is 7.49. The summed E-state index contributed by atoms with van der Waals surface area (Å²) in [6, 6.07) is 7.04. The van der Waals surface area contributed by atoms with Crippen molar-refractivity contribution in [3.63, 3.8) is 0 Å². The number of allylic oxidation sites excluding steroid dienone is 7. The van der Waals surface area contributed by atoms with E-state index in [1.807, 2.05) is 6.08 Å². The summed E-state index contributed by atoms with van der Waals surface area (Å²) in [4.78, 5) is 4.98. The average Bonchev–Trinajstić information content (AvgIpc) is 2.92. The Morgan fingerprint density at radius 2 is 1.64 bits per heavy atom. The van der Waals surface area contributed by atoms with Crippen LogP contribution in [0.15, 0.2) is 72.5 Å². The van der Waals surface area contributed by atoms with Gasteiger partial charge in [-0.05, 0) is 98.1 Å². The third-order valence-corrected chi connectivity index (χ3v) is 9.05. The van der Waals surface area contributed by atoms with E-state index in [0.717, 1.165) is 39.0 Å². The molecular formula is C36H53N3. The summed E-state index contributed by atoms with van der Waals surface area (Å²) in [6.45, 7) is 22.3. The third kappa shape index (κ3) is 8.34. The Kier molecular flexibility index (Phi) is 11.0. The molecule has 2 aliphatic rings. The molecule has 3 nitrogen and oxygen atoms in total. The quantitative estimate of drug-likeness (QED) is 0.243.